The SMILES string of the molecule is Cc1nnc2ccc(N3CCC(C(=O)Nc4nc5ccccc5[nH]4)CC3)nn12. The standard InChI is InChI=1S/C19H20N8O/c1-12-23-24-16-6-7-17(25-27(12)16)26-10-8-13(9-11-26)18(28)22-19-20-14-4-2-3-5-15(14)21-19/h2-7,13H,8-11H2,1H3,(H2,20,21,22,28). The molecule has 28 heavy (non-hydrogen) atoms. The molecule has 9 nitrogen and oxygen atoms in total. The molecule has 4 aromatic rings. The number of carbonyl (C=O) groups is 1. The number of benzene rings is 1. The van der Waals surface area contributed by atoms with Crippen LogP contribution in [0.25, 0.3) is 16.7 Å². The molecule has 0 aliphatic carbocycles. The fourth-order valence-electron chi connectivity index (χ4n) is 3.66. The Labute approximate surface area is 160 Å². The summed E-state index contributed by atoms with van der Waals surface area (Å²) < 4.78 is 1.75. The molecule has 5 rings (SSSR count). The molecule has 1 aliphatic heterocycles. The number of aromatic amines is 1. The Morgan fingerprint density at radius 2 is 1.96 bits per heavy atom. The van der Waals surface area contributed by atoms with Gasteiger partial charge in [-0.15, -0.1) is 15.3 Å². The maximum Gasteiger partial charge on any atom is 0.229 e. The van der Waals surface area contributed by atoms with E-state index in [1.54, 1.807) is 4.52 Å². The van der Waals surface area contributed by atoms with Crippen molar-refractivity contribution in [3.05, 3.63) is 42.2 Å². The zero-order valence-corrected chi connectivity index (χ0v) is 15.5. The zero-order valence-electron chi connectivity index (χ0n) is 15.5. The minimum atomic E-state index is -0.0372. The Balaban J connectivity index is 1.24. The number of anilines is 2. The number of hydrogen-bond acceptors (Lipinski definition) is 6. The number of aromatic nitrogens is 6. The molecule has 0 radical (unpaired) electrons. The Morgan fingerprint density at radius 3 is 2.79 bits per heavy atom. The van der Waals surface area contributed by atoms with Crippen molar-refractivity contribution in [2.75, 3.05) is 23.3 Å². The molecule has 0 unspecified atom stereocenters. The summed E-state index contributed by atoms with van der Waals surface area (Å²) in [6.45, 7) is 3.43. The number of imidazole rings is 1. The molecule has 2 N–H and O–H groups in total. The maximum absolute atomic E-state index is 12.6. The van der Waals surface area contributed by atoms with Gasteiger partial charge in [0.15, 0.2) is 11.5 Å². The van der Waals surface area contributed by atoms with Gasteiger partial charge in [-0.1, -0.05) is 12.1 Å². The highest BCUT2D eigenvalue weighted by Crippen LogP contribution is 2.23. The van der Waals surface area contributed by atoms with Crippen molar-refractivity contribution in [2.45, 2.75) is 19.8 Å². The molecule has 0 bridgehead atoms. The lowest BCUT2D eigenvalue weighted by atomic mass is 9.96. The van der Waals surface area contributed by atoms with Gasteiger partial charge in [0, 0.05) is 19.0 Å². The predicted molar refractivity (Wildman–Crippen MR) is 105 cm³/mol. The maximum atomic E-state index is 12.6. The van der Waals surface area contributed by atoms with Gasteiger partial charge < -0.3 is 9.88 Å². The van der Waals surface area contributed by atoms with Crippen LogP contribution in [0.5, 0.6) is 0 Å². The molecule has 3 aromatic heterocycles. The number of para-hydroxylation sites is 2. The number of nitrogens with zero attached hydrogens (tertiary/aromatic N) is 6. The van der Waals surface area contributed by atoms with Crippen LogP contribution in [-0.2, 0) is 4.79 Å². The van der Waals surface area contributed by atoms with E-state index in [1.807, 2.05) is 43.3 Å². The fraction of sp³-hybridized carbons (Fsp3) is 0.316. The van der Waals surface area contributed by atoms with Crippen LogP contribution in [0.4, 0.5) is 11.8 Å². The number of aryl methyl sites for hydroxylation is 1. The van der Waals surface area contributed by atoms with Crippen molar-refractivity contribution in [3.63, 3.8) is 0 Å². The highest BCUT2D eigenvalue weighted by Gasteiger charge is 2.26. The van der Waals surface area contributed by atoms with E-state index in [4.69, 9.17) is 0 Å². The van der Waals surface area contributed by atoms with E-state index in [0.717, 1.165) is 54.3 Å². The predicted octanol–water partition coefficient (Wildman–Crippen LogP) is 2.16. The molecule has 0 spiro atoms. The Morgan fingerprint density at radius 1 is 1.14 bits per heavy atom. The molecule has 142 valence electrons. The number of fused-ring (bicyclic) bond motifs is 2. The van der Waals surface area contributed by atoms with Crippen molar-refractivity contribution in [2.24, 2.45) is 5.92 Å². The number of rotatable bonds is 3. The summed E-state index contributed by atoms with van der Waals surface area (Å²) in [7, 11) is 0. The average molecular weight is 376 g/mol. The smallest absolute Gasteiger partial charge is 0.229 e. The van der Waals surface area contributed by atoms with E-state index in [2.05, 4.69) is 35.5 Å². The zero-order chi connectivity index (χ0) is 19.1. The third kappa shape index (κ3) is 2.94. The fourth-order valence-corrected chi connectivity index (χ4v) is 3.66. The Bertz CT molecular complexity index is 1120. The molecule has 1 aliphatic rings. The molecular formula is C19H20N8O. The van der Waals surface area contributed by atoms with Crippen LogP contribution in [0.3, 0.4) is 0 Å². The van der Waals surface area contributed by atoms with Crippen LogP contribution in [0.15, 0.2) is 36.4 Å². The molecule has 1 aromatic carbocycles. The summed E-state index contributed by atoms with van der Waals surface area (Å²) >= 11 is 0. The number of nitrogens with one attached hydrogen (secondary N) is 2. The number of carbonyl (C=O) groups excluding carboxylic acids is 1. The van der Waals surface area contributed by atoms with Gasteiger partial charge >= 0.3 is 0 Å². The van der Waals surface area contributed by atoms with Crippen LogP contribution < -0.4 is 10.2 Å². The molecule has 1 amide bonds. The van der Waals surface area contributed by atoms with E-state index in [-0.39, 0.29) is 11.8 Å². The van der Waals surface area contributed by atoms with Crippen LogP contribution in [-0.4, -0.2) is 48.8 Å². The van der Waals surface area contributed by atoms with Gasteiger partial charge in [-0.25, -0.2) is 4.98 Å². The second-order valence-corrected chi connectivity index (χ2v) is 7.06. The monoisotopic (exact) mass is 376 g/mol. The van der Waals surface area contributed by atoms with Crippen LogP contribution >= 0.6 is 0 Å². The molecule has 0 atom stereocenters. The van der Waals surface area contributed by atoms with Gasteiger partial charge in [0.2, 0.25) is 11.9 Å². The topological polar surface area (TPSA) is 104 Å². The van der Waals surface area contributed by atoms with Crippen molar-refractivity contribution in [3.8, 4) is 0 Å². The van der Waals surface area contributed by atoms with Crippen LogP contribution in [0, 0.1) is 12.8 Å². The normalized spacial score (nSPS) is 15.4. The molecule has 1 fully saturated rings. The quantitative estimate of drug-likeness (QED) is 0.568. The van der Waals surface area contributed by atoms with Crippen molar-refractivity contribution >= 4 is 34.4 Å². The lowest BCUT2D eigenvalue weighted by Crippen LogP contribution is -2.38. The van der Waals surface area contributed by atoms with E-state index >= 15 is 0 Å². The first-order valence-electron chi connectivity index (χ1n) is 9.37. The van der Waals surface area contributed by atoms with Gasteiger partial charge in [-0.3, -0.25) is 10.1 Å². The summed E-state index contributed by atoms with van der Waals surface area (Å²) in [5, 5.41) is 15.7. The number of hydrogen-bond donors (Lipinski definition) is 2. The van der Waals surface area contributed by atoms with E-state index in [1.165, 1.54) is 0 Å². The summed E-state index contributed by atoms with van der Waals surface area (Å²) in [5.41, 5.74) is 2.50. The third-order valence-electron chi connectivity index (χ3n) is 5.23. The van der Waals surface area contributed by atoms with E-state index in [9.17, 15) is 4.79 Å². The molecule has 1 saturated heterocycles. The average Bonchev–Trinajstić information content (AvgIpc) is 3.30. The van der Waals surface area contributed by atoms with Crippen molar-refractivity contribution in [1.82, 2.24) is 29.8 Å². The Kier molecular flexibility index (Phi) is 3.92. The first-order valence-corrected chi connectivity index (χ1v) is 9.37. The van der Waals surface area contributed by atoms with Gasteiger partial charge in [-0.05, 0) is 44.0 Å². The van der Waals surface area contributed by atoms with E-state index < -0.39 is 0 Å². The Hall–Kier alpha value is -3.49. The second kappa shape index (κ2) is 6.59. The van der Waals surface area contributed by atoms with Crippen LogP contribution in [0.1, 0.15) is 18.7 Å². The highest BCUT2D eigenvalue weighted by molar-refractivity contribution is 5.92. The molecule has 4 heterocycles. The van der Waals surface area contributed by atoms with Gasteiger partial charge in [0.05, 0.1) is 11.0 Å². The number of piperidine rings is 1. The molecular weight excluding hydrogens is 356 g/mol. The van der Waals surface area contributed by atoms with Gasteiger partial charge in [0.1, 0.15) is 5.82 Å². The highest BCUT2D eigenvalue weighted by atomic mass is 16.2. The largest absolute Gasteiger partial charge is 0.355 e. The molecule has 9 heteroatoms. The first-order chi connectivity index (χ1) is 13.7. The summed E-state index contributed by atoms with van der Waals surface area (Å²) in [6.07, 6.45) is 1.54. The molecule has 0 saturated carbocycles. The minimum Gasteiger partial charge on any atom is -0.355 e. The van der Waals surface area contributed by atoms with Gasteiger partial charge in [0.25, 0.3) is 0 Å². The lowest BCUT2D eigenvalue weighted by Gasteiger charge is -2.31. The van der Waals surface area contributed by atoms with E-state index in [0.29, 0.717) is 5.95 Å². The summed E-state index contributed by atoms with van der Waals surface area (Å²) in [6, 6.07) is 11.6. The minimum absolute atomic E-state index is 0.0109. The van der Waals surface area contributed by atoms with Crippen LogP contribution in [0.2, 0.25) is 0 Å². The lowest BCUT2D eigenvalue weighted by molar-refractivity contribution is -0.120. The second-order valence-electron chi connectivity index (χ2n) is 7.06. The number of amides is 1. The van der Waals surface area contributed by atoms with Crippen molar-refractivity contribution in [1.29, 1.82) is 0 Å². The first kappa shape index (κ1) is 16.7. The summed E-state index contributed by atoms with van der Waals surface area (Å²) in [5.74, 6) is 2.12. The van der Waals surface area contributed by atoms with Gasteiger partial charge in [-0.2, -0.15) is 4.52 Å². The third-order valence-corrected chi connectivity index (χ3v) is 5.23. The van der Waals surface area contributed by atoms with Crippen molar-refractivity contribution < 1.29 is 4.79 Å². The number of H-pyrrole nitrogens is 1. The summed E-state index contributed by atoms with van der Waals surface area (Å²) in [4.78, 5) is 22.4.